The van der Waals surface area contributed by atoms with Gasteiger partial charge in [0.25, 0.3) is 11.8 Å². The molecule has 0 spiro atoms. The van der Waals surface area contributed by atoms with Gasteiger partial charge < -0.3 is 30.1 Å². The van der Waals surface area contributed by atoms with Gasteiger partial charge in [-0.15, -0.1) is 0 Å². The topological polar surface area (TPSA) is 103 Å². The minimum atomic E-state index is -3.60. The van der Waals surface area contributed by atoms with E-state index in [2.05, 4.69) is 32.4 Å². The fourth-order valence-electron chi connectivity index (χ4n) is 5.87. The van der Waals surface area contributed by atoms with Crippen LogP contribution < -0.4 is 25.2 Å². The highest BCUT2D eigenvalue weighted by Crippen LogP contribution is 2.40. The van der Waals surface area contributed by atoms with E-state index in [0.29, 0.717) is 12.8 Å². The summed E-state index contributed by atoms with van der Waals surface area (Å²) >= 11 is 0. The lowest BCUT2D eigenvalue weighted by Gasteiger charge is -2.31. The van der Waals surface area contributed by atoms with Crippen molar-refractivity contribution in [3.8, 4) is 5.75 Å². The second-order valence-corrected chi connectivity index (χ2v) is 10.9. The van der Waals surface area contributed by atoms with E-state index in [1.165, 1.54) is 31.3 Å². The van der Waals surface area contributed by atoms with Crippen LogP contribution in [0.1, 0.15) is 55.8 Å². The zero-order chi connectivity index (χ0) is 29.3. The van der Waals surface area contributed by atoms with E-state index in [-0.39, 0.29) is 46.5 Å². The molecule has 2 fully saturated rings. The molecule has 2 amide bonds. The van der Waals surface area contributed by atoms with Gasteiger partial charge >= 0.3 is 5.92 Å². The Morgan fingerprint density at radius 1 is 1.17 bits per heavy atom. The van der Waals surface area contributed by atoms with Gasteiger partial charge in [0, 0.05) is 38.3 Å². The molecule has 2 aromatic rings. The highest BCUT2D eigenvalue weighted by atomic mass is 19.3. The van der Waals surface area contributed by atoms with E-state index in [9.17, 15) is 18.4 Å². The first-order valence-corrected chi connectivity index (χ1v) is 14.1. The summed E-state index contributed by atoms with van der Waals surface area (Å²) in [5, 5.41) is 5.83. The molecule has 3 heterocycles. The lowest BCUT2D eigenvalue weighted by atomic mass is 10.0. The molecule has 41 heavy (non-hydrogen) atoms. The third-order valence-electron chi connectivity index (χ3n) is 8.29. The molecule has 1 aromatic carbocycles. The van der Waals surface area contributed by atoms with Crippen molar-refractivity contribution in [3.63, 3.8) is 0 Å². The van der Waals surface area contributed by atoms with Gasteiger partial charge in [0.15, 0.2) is 5.82 Å². The predicted molar refractivity (Wildman–Crippen MR) is 149 cm³/mol. The van der Waals surface area contributed by atoms with E-state index in [1.807, 2.05) is 0 Å². The molecule has 0 bridgehead atoms. The number of rotatable bonds is 7. The summed E-state index contributed by atoms with van der Waals surface area (Å²) in [6.45, 7) is 4.00. The number of nitrogens with zero attached hydrogens (tertiary/aromatic N) is 5. The quantitative estimate of drug-likeness (QED) is 0.512. The van der Waals surface area contributed by atoms with Crippen molar-refractivity contribution < 1.29 is 27.5 Å². The number of methoxy groups -OCH3 is 1. The van der Waals surface area contributed by atoms with E-state index in [1.54, 1.807) is 0 Å². The first-order valence-electron chi connectivity index (χ1n) is 14.1. The Bertz CT molecular complexity index is 1300. The van der Waals surface area contributed by atoms with Crippen LogP contribution >= 0.6 is 0 Å². The molecule has 2 aliphatic heterocycles. The van der Waals surface area contributed by atoms with Crippen LogP contribution in [0, 0.1) is 5.82 Å². The number of hydrogen-bond acceptors (Lipinski definition) is 8. The van der Waals surface area contributed by atoms with Gasteiger partial charge in [-0.1, -0.05) is 19.8 Å². The molecule has 10 nitrogen and oxygen atoms in total. The van der Waals surface area contributed by atoms with Gasteiger partial charge in [0.05, 0.1) is 31.1 Å². The van der Waals surface area contributed by atoms with Crippen molar-refractivity contribution in [2.45, 2.75) is 63.5 Å². The normalized spacial score (nSPS) is 20.1. The molecule has 2 N–H and O–H groups in total. The fourth-order valence-corrected chi connectivity index (χ4v) is 5.87. The summed E-state index contributed by atoms with van der Waals surface area (Å²) in [4.78, 5) is 38.8. The van der Waals surface area contributed by atoms with E-state index in [4.69, 9.17) is 4.74 Å². The molecule has 0 radical (unpaired) electrons. The summed E-state index contributed by atoms with van der Waals surface area (Å²) in [6.07, 6.45) is 6.10. The second-order valence-electron chi connectivity index (χ2n) is 10.9. The number of halogens is 3. The Labute approximate surface area is 237 Å². The summed E-state index contributed by atoms with van der Waals surface area (Å²) in [7, 11) is 2.67. The summed E-state index contributed by atoms with van der Waals surface area (Å²) in [5.41, 5.74) is 0.177. The van der Waals surface area contributed by atoms with Gasteiger partial charge in [-0.2, -0.15) is 13.8 Å². The van der Waals surface area contributed by atoms with Gasteiger partial charge in [0.2, 0.25) is 5.95 Å². The van der Waals surface area contributed by atoms with Crippen LogP contribution in [-0.2, 0) is 4.79 Å². The lowest BCUT2D eigenvalue weighted by Crippen LogP contribution is -2.48. The maximum Gasteiger partial charge on any atom is 0.342 e. The molecule has 5 rings (SSSR count). The Morgan fingerprint density at radius 3 is 2.54 bits per heavy atom. The number of anilines is 4. The smallest absolute Gasteiger partial charge is 0.342 e. The second kappa shape index (κ2) is 11.7. The van der Waals surface area contributed by atoms with Crippen molar-refractivity contribution in [1.29, 1.82) is 0 Å². The third-order valence-corrected chi connectivity index (χ3v) is 8.29. The predicted octanol–water partition coefficient (Wildman–Crippen LogP) is 3.94. The van der Waals surface area contributed by atoms with Crippen LogP contribution in [0.2, 0.25) is 0 Å². The maximum atomic E-state index is 15.2. The van der Waals surface area contributed by atoms with Gasteiger partial charge in [-0.05, 0) is 38.3 Å². The zero-order valence-corrected chi connectivity index (χ0v) is 23.6. The van der Waals surface area contributed by atoms with Gasteiger partial charge in [0.1, 0.15) is 17.3 Å². The molecular formula is C28H36F3N7O3. The number of amides is 2. The molecule has 1 aromatic heterocycles. The summed E-state index contributed by atoms with van der Waals surface area (Å²) in [5.74, 6) is -5.81. The SMILES string of the molecule is CCN1CCC(NC(=O)c2cc(OC)c(Nc3ncc4c(n3)N(C3CCCC3)CC(F)(F)C(=O)N4C)cc2F)CC1. The van der Waals surface area contributed by atoms with E-state index >= 15 is 4.39 Å². The third kappa shape index (κ3) is 5.90. The number of fused-ring (bicyclic) bond motifs is 1. The fraction of sp³-hybridized carbons (Fsp3) is 0.571. The zero-order valence-electron chi connectivity index (χ0n) is 23.6. The average Bonchev–Trinajstić information content (AvgIpc) is 3.48. The standard InChI is InChI=1S/C28H36F3N7O3/c1-4-37-11-9-17(10-12-37)33-25(39)19-13-23(41-3)21(14-20(19)29)34-27-32-15-22-24(35-27)38(18-7-5-6-8-18)16-28(30,31)26(40)36(22)2/h13-15,17-18H,4-12,16H2,1-3H3,(H,33,39)(H,32,34,35). The van der Waals surface area contributed by atoms with Crippen LogP contribution in [0.4, 0.5) is 36.3 Å². The van der Waals surface area contributed by atoms with Crippen molar-refractivity contribution in [1.82, 2.24) is 20.2 Å². The molecule has 1 aliphatic carbocycles. The first kappa shape index (κ1) is 28.9. The van der Waals surface area contributed by atoms with Crippen LogP contribution in [0.3, 0.4) is 0 Å². The van der Waals surface area contributed by atoms with Crippen LogP contribution in [0.5, 0.6) is 5.75 Å². The van der Waals surface area contributed by atoms with Gasteiger partial charge in [-0.25, -0.2) is 9.37 Å². The Kier molecular flexibility index (Phi) is 8.25. The molecule has 0 atom stereocenters. The Balaban J connectivity index is 1.40. The number of carbonyl (C=O) groups is 2. The molecular weight excluding hydrogens is 539 g/mol. The van der Waals surface area contributed by atoms with Crippen LogP contribution in [0.25, 0.3) is 0 Å². The van der Waals surface area contributed by atoms with Crippen molar-refractivity contribution in [2.75, 3.05) is 55.5 Å². The number of aromatic nitrogens is 2. The number of hydrogen-bond donors (Lipinski definition) is 2. The minimum absolute atomic E-state index is 0.00963. The molecule has 0 unspecified atom stereocenters. The summed E-state index contributed by atoms with van der Waals surface area (Å²) in [6, 6.07) is 2.21. The maximum absolute atomic E-state index is 15.2. The first-order chi connectivity index (χ1) is 19.6. The van der Waals surface area contributed by atoms with Crippen molar-refractivity contribution in [2.24, 2.45) is 0 Å². The number of benzene rings is 1. The Hall–Kier alpha value is -3.61. The number of ether oxygens (including phenoxy) is 1. The largest absolute Gasteiger partial charge is 0.495 e. The van der Waals surface area contributed by atoms with E-state index in [0.717, 1.165) is 56.3 Å². The monoisotopic (exact) mass is 575 g/mol. The van der Waals surface area contributed by atoms with Gasteiger partial charge in [-0.3, -0.25) is 9.59 Å². The number of nitrogens with one attached hydrogen (secondary N) is 2. The highest BCUT2D eigenvalue weighted by molar-refractivity contribution is 6.02. The van der Waals surface area contributed by atoms with Crippen LogP contribution in [-0.4, -0.2) is 85.0 Å². The average molecular weight is 576 g/mol. The number of likely N-dealkylation sites (tertiary alicyclic amines) is 1. The minimum Gasteiger partial charge on any atom is -0.495 e. The molecule has 222 valence electrons. The Morgan fingerprint density at radius 2 is 1.88 bits per heavy atom. The van der Waals surface area contributed by atoms with Crippen molar-refractivity contribution >= 4 is 35.0 Å². The number of piperidine rings is 1. The van der Waals surface area contributed by atoms with E-state index < -0.39 is 30.1 Å². The highest BCUT2D eigenvalue weighted by Gasteiger charge is 2.48. The lowest BCUT2D eigenvalue weighted by molar-refractivity contribution is -0.140. The summed E-state index contributed by atoms with van der Waals surface area (Å²) < 4.78 is 50.4. The molecule has 1 saturated carbocycles. The van der Waals surface area contributed by atoms with Crippen molar-refractivity contribution in [3.05, 3.63) is 29.7 Å². The number of carbonyl (C=O) groups excluding carboxylic acids is 2. The molecule has 13 heteroatoms. The van der Waals surface area contributed by atoms with Crippen LogP contribution in [0.15, 0.2) is 18.3 Å². The molecule has 1 saturated heterocycles. The molecule has 3 aliphatic rings. The number of alkyl halides is 2.